The maximum atomic E-state index is 5.97. The van der Waals surface area contributed by atoms with Gasteiger partial charge in [-0.1, -0.05) is 23.7 Å². The maximum Gasteiger partial charge on any atom is 0.0683 e. The molecule has 0 aliphatic heterocycles. The van der Waals surface area contributed by atoms with E-state index in [4.69, 9.17) is 17.3 Å². The zero-order chi connectivity index (χ0) is 11.5. The van der Waals surface area contributed by atoms with Crippen molar-refractivity contribution in [3.05, 3.63) is 41.6 Å². The summed E-state index contributed by atoms with van der Waals surface area (Å²) in [5, 5.41) is 4.98. The quantitative estimate of drug-likeness (QED) is 0.889. The van der Waals surface area contributed by atoms with Crippen LogP contribution in [0.25, 0.3) is 11.3 Å². The molecule has 0 bridgehead atoms. The molecule has 3 nitrogen and oxygen atoms in total. The maximum absolute atomic E-state index is 5.97. The number of benzene rings is 1. The minimum atomic E-state index is 0.0813. The number of rotatable bonds is 3. The van der Waals surface area contributed by atoms with Gasteiger partial charge in [-0.05, 0) is 25.1 Å². The van der Waals surface area contributed by atoms with Crippen molar-refractivity contribution >= 4 is 11.6 Å². The van der Waals surface area contributed by atoms with E-state index in [0.29, 0.717) is 6.54 Å². The van der Waals surface area contributed by atoms with E-state index < -0.39 is 0 Å². The Morgan fingerprint density at radius 1 is 1.44 bits per heavy atom. The molecule has 0 saturated carbocycles. The lowest BCUT2D eigenvalue weighted by molar-refractivity contribution is 0.543. The number of hydrogen-bond acceptors (Lipinski definition) is 2. The van der Waals surface area contributed by atoms with Crippen molar-refractivity contribution in [2.75, 3.05) is 0 Å². The largest absolute Gasteiger partial charge is 0.326 e. The Labute approximate surface area is 99.8 Å². The van der Waals surface area contributed by atoms with Crippen LogP contribution in [0.4, 0.5) is 0 Å². The van der Waals surface area contributed by atoms with Crippen molar-refractivity contribution in [3.63, 3.8) is 0 Å². The summed E-state index contributed by atoms with van der Waals surface area (Å²) in [6.45, 7) is 2.66. The van der Waals surface area contributed by atoms with Crippen LogP contribution in [-0.4, -0.2) is 15.8 Å². The van der Waals surface area contributed by atoms with Gasteiger partial charge >= 0.3 is 0 Å². The lowest BCUT2D eigenvalue weighted by Gasteiger charge is -2.10. The standard InChI is InChI=1S/C12H14ClN3/c1-9(14)8-16-12(5-6-15-16)10-3-2-4-11(13)7-10/h2-7,9H,8,14H2,1H3. The molecule has 0 radical (unpaired) electrons. The fourth-order valence-corrected chi connectivity index (χ4v) is 1.83. The predicted molar refractivity (Wildman–Crippen MR) is 66.3 cm³/mol. The van der Waals surface area contributed by atoms with Gasteiger partial charge in [-0.15, -0.1) is 0 Å². The lowest BCUT2D eigenvalue weighted by Crippen LogP contribution is -2.23. The number of halogens is 1. The van der Waals surface area contributed by atoms with E-state index in [1.165, 1.54) is 0 Å². The van der Waals surface area contributed by atoms with E-state index in [0.717, 1.165) is 16.3 Å². The molecule has 0 saturated heterocycles. The molecule has 0 spiro atoms. The molecule has 0 amide bonds. The molecule has 1 aromatic carbocycles. The molecule has 0 aliphatic rings. The normalized spacial score (nSPS) is 12.7. The molecule has 1 heterocycles. The fourth-order valence-electron chi connectivity index (χ4n) is 1.64. The molecule has 2 aromatic rings. The van der Waals surface area contributed by atoms with Gasteiger partial charge in [0.1, 0.15) is 0 Å². The third-order valence-electron chi connectivity index (χ3n) is 2.30. The summed E-state index contributed by atoms with van der Waals surface area (Å²) in [4.78, 5) is 0. The summed E-state index contributed by atoms with van der Waals surface area (Å²) >= 11 is 5.97. The Morgan fingerprint density at radius 2 is 2.25 bits per heavy atom. The van der Waals surface area contributed by atoms with Gasteiger partial charge in [0.25, 0.3) is 0 Å². The zero-order valence-electron chi connectivity index (χ0n) is 9.10. The second-order valence-corrected chi connectivity index (χ2v) is 4.32. The van der Waals surface area contributed by atoms with E-state index in [-0.39, 0.29) is 6.04 Å². The Hall–Kier alpha value is -1.32. The Balaban J connectivity index is 2.37. The van der Waals surface area contributed by atoms with Crippen molar-refractivity contribution in [1.29, 1.82) is 0 Å². The molecule has 1 unspecified atom stereocenters. The van der Waals surface area contributed by atoms with E-state index in [2.05, 4.69) is 5.10 Å². The number of nitrogens with two attached hydrogens (primary N) is 1. The molecular weight excluding hydrogens is 222 g/mol. The first-order chi connectivity index (χ1) is 7.66. The first kappa shape index (κ1) is 11.2. The van der Waals surface area contributed by atoms with Crippen LogP contribution >= 0.6 is 11.6 Å². The Bertz CT molecular complexity index is 477. The van der Waals surface area contributed by atoms with Crippen LogP contribution < -0.4 is 5.73 Å². The minimum Gasteiger partial charge on any atom is -0.326 e. The van der Waals surface area contributed by atoms with Crippen LogP contribution in [0.2, 0.25) is 5.02 Å². The molecule has 2 rings (SSSR count). The molecule has 0 fully saturated rings. The van der Waals surface area contributed by atoms with Gasteiger partial charge in [0.05, 0.1) is 12.2 Å². The third-order valence-corrected chi connectivity index (χ3v) is 2.53. The number of aromatic nitrogens is 2. The van der Waals surface area contributed by atoms with Gasteiger partial charge in [0, 0.05) is 22.8 Å². The van der Waals surface area contributed by atoms with Crippen LogP contribution in [0.15, 0.2) is 36.5 Å². The molecular formula is C12H14ClN3. The van der Waals surface area contributed by atoms with Crippen molar-refractivity contribution in [3.8, 4) is 11.3 Å². The van der Waals surface area contributed by atoms with E-state index >= 15 is 0 Å². The first-order valence-electron chi connectivity index (χ1n) is 5.20. The Kier molecular flexibility index (Phi) is 3.27. The van der Waals surface area contributed by atoms with Gasteiger partial charge in [-0.3, -0.25) is 4.68 Å². The van der Waals surface area contributed by atoms with Crippen LogP contribution in [0.3, 0.4) is 0 Å². The highest BCUT2D eigenvalue weighted by molar-refractivity contribution is 6.30. The number of nitrogens with zero attached hydrogens (tertiary/aromatic N) is 2. The molecule has 1 aromatic heterocycles. The highest BCUT2D eigenvalue weighted by Crippen LogP contribution is 2.22. The smallest absolute Gasteiger partial charge is 0.0683 e. The van der Waals surface area contributed by atoms with Gasteiger partial charge in [0.2, 0.25) is 0 Å². The molecule has 4 heteroatoms. The van der Waals surface area contributed by atoms with Crippen molar-refractivity contribution in [1.82, 2.24) is 9.78 Å². The summed E-state index contributed by atoms with van der Waals surface area (Å²) in [6, 6.07) is 9.78. The average molecular weight is 236 g/mol. The second kappa shape index (κ2) is 4.68. The van der Waals surface area contributed by atoms with Gasteiger partial charge < -0.3 is 5.73 Å². The van der Waals surface area contributed by atoms with E-state index in [1.54, 1.807) is 6.20 Å². The fraction of sp³-hybridized carbons (Fsp3) is 0.250. The van der Waals surface area contributed by atoms with Crippen LogP contribution in [0.5, 0.6) is 0 Å². The van der Waals surface area contributed by atoms with E-state index in [1.807, 2.05) is 41.9 Å². The summed E-state index contributed by atoms with van der Waals surface area (Å²) in [6.07, 6.45) is 1.78. The summed E-state index contributed by atoms with van der Waals surface area (Å²) in [5.74, 6) is 0. The van der Waals surface area contributed by atoms with Crippen molar-refractivity contribution < 1.29 is 0 Å². The highest BCUT2D eigenvalue weighted by atomic mass is 35.5. The molecule has 1 atom stereocenters. The molecule has 0 aliphatic carbocycles. The lowest BCUT2D eigenvalue weighted by atomic mass is 10.1. The summed E-state index contributed by atoms with van der Waals surface area (Å²) < 4.78 is 1.90. The molecule has 84 valence electrons. The highest BCUT2D eigenvalue weighted by Gasteiger charge is 2.06. The summed E-state index contributed by atoms with van der Waals surface area (Å²) in [7, 11) is 0. The molecule has 2 N–H and O–H groups in total. The monoisotopic (exact) mass is 235 g/mol. The average Bonchev–Trinajstić information content (AvgIpc) is 2.65. The van der Waals surface area contributed by atoms with Gasteiger partial charge in [0.15, 0.2) is 0 Å². The zero-order valence-corrected chi connectivity index (χ0v) is 9.85. The van der Waals surface area contributed by atoms with Gasteiger partial charge in [-0.2, -0.15) is 5.10 Å². The van der Waals surface area contributed by atoms with Crippen molar-refractivity contribution in [2.24, 2.45) is 5.73 Å². The predicted octanol–water partition coefficient (Wildman–Crippen LogP) is 2.55. The summed E-state index contributed by atoms with van der Waals surface area (Å²) in [5.41, 5.74) is 7.88. The SMILES string of the molecule is CC(N)Cn1nccc1-c1cccc(Cl)c1. The van der Waals surface area contributed by atoms with E-state index in [9.17, 15) is 0 Å². The van der Waals surface area contributed by atoms with Gasteiger partial charge in [-0.25, -0.2) is 0 Å². The molecule has 16 heavy (non-hydrogen) atoms. The third kappa shape index (κ3) is 2.43. The first-order valence-corrected chi connectivity index (χ1v) is 5.58. The minimum absolute atomic E-state index is 0.0813. The van der Waals surface area contributed by atoms with Crippen LogP contribution in [0.1, 0.15) is 6.92 Å². The second-order valence-electron chi connectivity index (χ2n) is 3.89. The topological polar surface area (TPSA) is 43.8 Å². The Morgan fingerprint density at radius 3 is 2.94 bits per heavy atom. The van der Waals surface area contributed by atoms with Crippen molar-refractivity contribution in [2.45, 2.75) is 19.5 Å². The van der Waals surface area contributed by atoms with Crippen LogP contribution in [-0.2, 0) is 6.54 Å². The number of hydrogen-bond donors (Lipinski definition) is 1. The van der Waals surface area contributed by atoms with Crippen LogP contribution in [0, 0.1) is 0 Å².